The maximum absolute atomic E-state index is 5.93. The Morgan fingerprint density at radius 3 is 2.56 bits per heavy atom. The lowest BCUT2D eigenvalue weighted by atomic mass is 10.1. The number of nitrogens with zero attached hydrogens (tertiary/aromatic N) is 1. The summed E-state index contributed by atoms with van der Waals surface area (Å²) >= 11 is 0. The van der Waals surface area contributed by atoms with Gasteiger partial charge in [-0.3, -0.25) is 4.98 Å². The molecule has 0 amide bonds. The average Bonchev–Trinajstić information content (AvgIpc) is 2.76. The first-order chi connectivity index (χ1) is 7.88. The number of nitrogens with two attached hydrogens (primary N) is 1. The zero-order valence-corrected chi connectivity index (χ0v) is 9.64. The summed E-state index contributed by atoms with van der Waals surface area (Å²) in [4.78, 5) is 4.02. The van der Waals surface area contributed by atoms with Gasteiger partial charge in [0.25, 0.3) is 0 Å². The molecule has 0 aliphatic carbocycles. The van der Waals surface area contributed by atoms with Gasteiger partial charge in [0.2, 0.25) is 0 Å². The van der Waals surface area contributed by atoms with Gasteiger partial charge >= 0.3 is 0 Å². The molecule has 0 aromatic carbocycles. The van der Waals surface area contributed by atoms with Crippen molar-refractivity contribution in [3.8, 4) is 0 Å². The van der Waals surface area contributed by atoms with Gasteiger partial charge in [-0.15, -0.1) is 0 Å². The minimum absolute atomic E-state index is 0.410. The van der Waals surface area contributed by atoms with Crippen molar-refractivity contribution in [2.45, 2.75) is 44.3 Å². The van der Waals surface area contributed by atoms with Gasteiger partial charge in [-0.25, -0.2) is 0 Å². The Kier molecular flexibility index (Phi) is 4.31. The minimum Gasteiger partial charge on any atom is -0.375 e. The van der Waals surface area contributed by atoms with Gasteiger partial charge < -0.3 is 10.5 Å². The summed E-state index contributed by atoms with van der Waals surface area (Å²) < 4.78 is 5.93. The molecule has 2 rings (SSSR count). The Labute approximate surface area is 97.0 Å². The van der Waals surface area contributed by atoms with Crippen LogP contribution in [-0.4, -0.2) is 23.7 Å². The number of rotatable bonds is 5. The number of pyridine rings is 1. The fraction of sp³-hybridized carbons (Fsp3) is 0.615. The fourth-order valence-electron chi connectivity index (χ4n) is 2.27. The molecule has 2 N–H and O–H groups in total. The van der Waals surface area contributed by atoms with Crippen LogP contribution in [0.15, 0.2) is 24.5 Å². The number of hydrogen-bond acceptors (Lipinski definition) is 3. The Balaban J connectivity index is 1.72. The molecule has 3 nitrogen and oxygen atoms in total. The fourth-order valence-corrected chi connectivity index (χ4v) is 2.27. The van der Waals surface area contributed by atoms with Crippen molar-refractivity contribution in [1.29, 1.82) is 0 Å². The number of ether oxygens (including phenoxy) is 1. The predicted octanol–water partition coefficient (Wildman–Crippen LogP) is 1.91. The van der Waals surface area contributed by atoms with Crippen LogP contribution >= 0.6 is 0 Å². The van der Waals surface area contributed by atoms with Crippen molar-refractivity contribution >= 4 is 0 Å². The van der Waals surface area contributed by atoms with E-state index in [2.05, 4.69) is 17.1 Å². The summed E-state index contributed by atoms with van der Waals surface area (Å²) in [5.41, 5.74) is 6.88. The second kappa shape index (κ2) is 5.97. The van der Waals surface area contributed by atoms with Gasteiger partial charge in [0.1, 0.15) is 0 Å². The molecule has 0 saturated carbocycles. The third-order valence-electron chi connectivity index (χ3n) is 3.19. The van der Waals surface area contributed by atoms with E-state index >= 15 is 0 Å². The number of aryl methyl sites for hydroxylation is 1. The summed E-state index contributed by atoms with van der Waals surface area (Å²) in [7, 11) is 0. The second-order valence-corrected chi connectivity index (χ2v) is 4.43. The first-order valence-corrected chi connectivity index (χ1v) is 6.13. The zero-order valence-electron chi connectivity index (χ0n) is 9.64. The normalized spacial score (nSPS) is 24.8. The Morgan fingerprint density at radius 1 is 1.19 bits per heavy atom. The zero-order chi connectivity index (χ0) is 11.2. The van der Waals surface area contributed by atoms with Crippen LogP contribution < -0.4 is 5.73 Å². The maximum atomic E-state index is 5.93. The van der Waals surface area contributed by atoms with E-state index < -0.39 is 0 Å². The molecule has 1 aliphatic rings. The van der Waals surface area contributed by atoms with Crippen LogP contribution in [0.2, 0.25) is 0 Å². The maximum Gasteiger partial charge on any atom is 0.0591 e. The molecule has 1 aromatic heterocycles. The third-order valence-corrected chi connectivity index (χ3v) is 3.19. The molecular formula is C13H20N2O. The van der Waals surface area contributed by atoms with Gasteiger partial charge in [0, 0.05) is 12.4 Å². The van der Waals surface area contributed by atoms with Crippen LogP contribution in [0.4, 0.5) is 0 Å². The predicted molar refractivity (Wildman–Crippen MR) is 64.1 cm³/mol. The van der Waals surface area contributed by atoms with Crippen LogP contribution in [0.5, 0.6) is 0 Å². The van der Waals surface area contributed by atoms with Crippen molar-refractivity contribution in [2.24, 2.45) is 5.73 Å². The van der Waals surface area contributed by atoms with E-state index in [1.54, 1.807) is 0 Å². The molecular weight excluding hydrogens is 200 g/mol. The van der Waals surface area contributed by atoms with E-state index in [1.165, 1.54) is 18.4 Å². The van der Waals surface area contributed by atoms with Crippen LogP contribution in [0.25, 0.3) is 0 Å². The van der Waals surface area contributed by atoms with Crippen molar-refractivity contribution in [2.75, 3.05) is 6.54 Å². The molecule has 3 heteroatoms. The Morgan fingerprint density at radius 2 is 1.88 bits per heavy atom. The molecule has 2 atom stereocenters. The molecule has 2 unspecified atom stereocenters. The second-order valence-electron chi connectivity index (χ2n) is 4.43. The lowest BCUT2D eigenvalue weighted by Gasteiger charge is -2.12. The van der Waals surface area contributed by atoms with E-state index in [-0.39, 0.29) is 0 Å². The average molecular weight is 220 g/mol. The van der Waals surface area contributed by atoms with Crippen molar-refractivity contribution in [3.63, 3.8) is 0 Å². The van der Waals surface area contributed by atoms with E-state index in [9.17, 15) is 0 Å². The lowest BCUT2D eigenvalue weighted by molar-refractivity contribution is 0.0378. The molecule has 1 aromatic rings. The highest BCUT2D eigenvalue weighted by Gasteiger charge is 2.23. The van der Waals surface area contributed by atoms with E-state index in [4.69, 9.17) is 10.5 Å². The molecule has 16 heavy (non-hydrogen) atoms. The first kappa shape index (κ1) is 11.6. The van der Waals surface area contributed by atoms with Crippen LogP contribution in [0.3, 0.4) is 0 Å². The standard InChI is InChI=1S/C13H20N2O/c14-8-5-13-4-3-12(16-13)2-1-11-6-9-15-10-7-11/h6-7,9-10,12-13H,1-5,8,14H2. The Hall–Kier alpha value is -0.930. The van der Waals surface area contributed by atoms with E-state index in [0.29, 0.717) is 12.2 Å². The SMILES string of the molecule is NCCC1CCC(CCc2ccncc2)O1. The molecule has 0 radical (unpaired) electrons. The minimum atomic E-state index is 0.410. The summed E-state index contributed by atoms with van der Waals surface area (Å²) in [5.74, 6) is 0. The molecule has 1 fully saturated rings. The van der Waals surface area contributed by atoms with Crippen LogP contribution in [0.1, 0.15) is 31.2 Å². The quantitative estimate of drug-likeness (QED) is 0.824. The number of aromatic nitrogens is 1. The summed E-state index contributed by atoms with van der Waals surface area (Å²) in [6.45, 7) is 0.738. The lowest BCUT2D eigenvalue weighted by Crippen LogP contribution is -2.15. The monoisotopic (exact) mass is 220 g/mol. The highest BCUT2D eigenvalue weighted by atomic mass is 16.5. The summed E-state index contributed by atoms with van der Waals surface area (Å²) in [6, 6.07) is 4.15. The molecule has 0 spiro atoms. The molecule has 1 aliphatic heterocycles. The first-order valence-electron chi connectivity index (χ1n) is 6.13. The van der Waals surface area contributed by atoms with Gasteiger partial charge in [-0.05, 0) is 56.3 Å². The third kappa shape index (κ3) is 3.29. The van der Waals surface area contributed by atoms with Crippen molar-refractivity contribution in [3.05, 3.63) is 30.1 Å². The Bertz CT molecular complexity index is 302. The van der Waals surface area contributed by atoms with E-state index in [0.717, 1.165) is 25.8 Å². The summed E-state index contributed by atoms with van der Waals surface area (Å²) in [5, 5.41) is 0. The summed E-state index contributed by atoms with van der Waals surface area (Å²) in [6.07, 6.45) is 10.1. The molecule has 88 valence electrons. The van der Waals surface area contributed by atoms with Gasteiger partial charge in [0.05, 0.1) is 12.2 Å². The smallest absolute Gasteiger partial charge is 0.0591 e. The van der Waals surface area contributed by atoms with Crippen LogP contribution in [0, 0.1) is 0 Å². The highest BCUT2D eigenvalue weighted by Crippen LogP contribution is 2.24. The van der Waals surface area contributed by atoms with Gasteiger partial charge in [-0.2, -0.15) is 0 Å². The van der Waals surface area contributed by atoms with Crippen LogP contribution in [-0.2, 0) is 11.2 Å². The van der Waals surface area contributed by atoms with E-state index in [1.807, 2.05) is 12.4 Å². The number of hydrogen-bond donors (Lipinski definition) is 1. The topological polar surface area (TPSA) is 48.1 Å². The largest absolute Gasteiger partial charge is 0.375 e. The molecule has 0 bridgehead atoms. The highest BCUT2D eigenvalue weighted by molar-refractivity contribution is 5.09. The molecule has 1 saturated heterocycles. The van der Waals surface area contributed by atoms with Gasteiger partial charge in [-0.1, -0.05) is 0 Å². The van der Waals surface area contributed by atoms with Crippen molar-refractivity contribution < 1.29 is 4.74 Å². The van der Waals surface area contributed by atoms with Gasteiger partial charge in [0.15, 0.2) is 0 Å². The van der Waals surface area contributed by atoms with Crippen molar-refractivity contribution in [1.82, 2.24) is 4.98 Å². The molecule has 2 heterocycles.